The Kier molecular flexibility index (Phi) is 5.70. The third-order valence-corrected chi connectivity index (χ3v) is 4.44. The lowest BCUT2D eigenvalue weighted by Crippen LogP contribution is -2.38. The number of benzene rings is 1. The molecule has 0 aliphatic carbocycles. The fourth-order valence-corrected chi connectivity index (χ4v) is 3.22. The van der Waals surface area contributed by atoms with Crippen LogP contribution in [0.1, 0.15) is 20.3 Å². The third-order valence-electron chi connectivity index (χ3n) is 2.73. The summed E-state index contributed by atoms with van der Waals surface area (Å²) in [6.45, 7) is 3.70. The Morgan fingerprint density at radius 1 is 1.26 bits per heavy atom. The number of halogens is 3. The van der Waals surface area contributed by atoms with Crippen molar-refractivity contribution < 1.29 is 17.2 Å². The molecule has 0 heterocycles. The lowest BCUT2D eigenvalue weighted by atomic mass is 10.0. The first-order valence-electron chi connectivity index (χ1n) is 5.81. The molecule has 0 bridgehead atoms. The fourth-order valence-electron chi connectivity index (χ4n) is 1.56. The van der Waals surface area contributed by atoms with E-state index in [2.05, 4.69) is 4.72 Å². The highest BCUT2D eigenvalue weighted by molar-refractivity contribution is 7.89. The Morgan fingerprint density at radius 3 is 2.37 bits per heavy atom. The molecule has 1 N–H and O–H groups in total. The Labute approximate surface area is 117 Å². The maximum absolute atomic E-state index is 13.1. The fraction of sp³-hybridized carbons (Fsp3) is 0.500. The molecule has 0 aliphatic rings. The average molecular weight is 312 g/mol. The average Bonchev–Trinajstić information content (AvgIpc) is 2.31. The number of rotatable bonds is 6. The van der Waals surface area contributed by atoms with Crippen molar-refractivity contribution >= 4 is 21.6 Å². The minimum Gasteiger partial charge on any atom is -0.208 e. The Bertz CT molecular complexity index is 535. The molecule has 19 heavy (non-hydrogen) atoms. The molecule has 0 aliphatic heterocycles. The summed E-state index contributed by atoms with van der Waals surface area (Å²) in [5.74, 6) is -1.93. The van der Waals surface area contributed by atoms with Crippen molar-refractivity contribution in [3.8, 4) is 0 Å². The summed E-state index contributed by atoms with van der Waals surface area (Å²) >= 11 is 5.62. The quantitative estimate of drug-likeness (QED) is 0.821. The first-order chi connectivity index (χ1) is 8.77. The highest BCUT2D eigenvalue weighted by atomic mass is 35.5. The van der Waals surface area contributed by atoms with E-state index in [1.54, 1.807) is 0 Å². The summed E-state index contributed by atoms with van der Waals surface area (Å²) in [7, 11) is -3.88. The highest BCUT2D eigenvalue weighted by Gasteiger charge is 2.23. The number of hydrogen-bond donors (Lipinski definition) is 1. The van der Waals surface area contributed by atoms with Gasteiger partial charge in [-0.05, 0) is 30.5 Å². The molecular weight excluding hydrogens is 296 g/mol. The molecule has 1 rings (SSSR count). The van der Waals surface area contributed by atoms with Gasteiger partial charge in [0, 0.05) is 11.9 Å². The van der Waals surface area contributed by atoms with Crippen molar-refractivity contribution in [1.82, 2.24) is 4.72 Å². The topological polar surface area (TPSA) is 46.2 Å². The minimum atomic E-state index is -3.88. The van der Waals surface area contributed by atoms with Crippen molar-refractivity contribution in [2.45, 2.75) is 31.2 Å². The lowest BCUT2D eigenvalue weighted by molar-refractivity contribution is 0.438. The van der Waals surface area contributed by atoms with E-state index in [9.17, 15) is 17.2 Å². The molecule has 0 spiro atoms. The molecule has 0 radical (unpaired) electrons. The van der Waals surface area contributed by atoms with E-state index >= 15 is 0 Å². The van der Waals surface area contributed by atoms with Crippen LogP contribution in [0.15, 0.2) is 23.1 Å². The van der Waals surface area contributed by atoms with Crippen LogP contribution in [0.3, 0.4) is 0 Å². The van der Waals surface area contributed by atoms with Crippen molar-refractivity contribution in [2.75, 3.05) is 5.88 Å². The van der Waals surface area contributed by atoms with Crippen LogP contribution in [0.5, 0.6) is 0 Å². The highest BCUT2D eigenvalue weighted by Crippen LogP contribution is 2.16. The van der Waals surface area contributed by atoms with Crippen LogP contribution in [0.25, 0.3) is 0 Å². The molecule has 7 heteroatoms. The third kappa shape index (κ3) is 4.40. The maximum atomic E-state index is 13.1. The number of nitrogens with one attached hydrogen (secondary N) is 1. The minimum absolute atomic E-state index is 0.0406. The molecule has 0 saturated heterocycles. The van der Waals surface area contributed by atoms with Gasteiger partial charge in [0.1, 0.15) is 0 Å². The first-order valence-corrected chi connectivity index (χ1v) is 7.83. The van der Waals surface area contributed by atoms with Crippen LogP contribution >= 0.6 is 11.6 Å². The summed E-state index contributed by atoms with van der Waals surface area (Å²) in [5.41, 5.74) is 0. The van der Waals surface area contributed by atoms with Gasteiger partial charge in [0.05, 0.1) is 4.90 Å². The van der Waals surface area contributed by atoms with Gasteiger partial charge in [0.25, 0.3) is 0 Å². The van der Waals surface area contributed by atoms with Gasteiger partial charge in [-0.2, -0.15) is 0 Å². The predicted molar refractivity (Wildman–Crippen MR) is 70.6 cm³/mol. The number of hydrogen-bond acceptors (Lipinski definition) is 2. The Hall–Kier alpha value is -0.720. The number of sulfonamides is 1. The first kappa shape index (κ1) is 16.3. The van der Waals surface area contributed by atoms with Gasteiger partial charge in [0.15, 0.2) is 11.6 Å². The second-order valence-corrected chi connectivity index (χ2v) is 6.62. The maximum Gasteiger partial charge on any atom is 0.240 e. The molecule has 1 aromatic carbocycles. The Morgan fingerprint density at radius 2 is 1.89 bits per heavy atom. The van der Waals surface area contributed by atoms with Crippen LogP contribution < -0.4 is 4.72 Å². The molecule has 108 valence electrons. The molecule has 3 nitrogen and oxygen atoms in total. The van der Waals surface area contributed by atoms with E-state index in [1.165, 1.54) is 0 Å². The molecule has 1 atom stereocenters. The molecule has 0 aromatic heterocycles. The largest absolute Gasteiger partial charge is 0.240 e. The molecule has 0 fully saturated rings. The zero-order chi connectivity index (χ0) is 14.6. The van der Waals surface area contributed by atoms with Gasteiger partial charge in [-0.15, -0.1) is 11.6 Å². The second kappa shape index (κ2) is 6.63. The van der Waals surface area contributed by atoms with Gasteiger partial charge in [-0.25, -0.2) is 21.9 Å². The van der Waals surface area contributed by atoms with Crippen molar-refractivity contribution in [3.05, 3.63) is 29.8 Å². The summed E-state index contributed by atoms with van der Waals surface area (Å²) in [4.78, 5) is -0.299. The van der Waals surface area contributed by atoms with Crippen LogP contribution in [0.4, 0.5) is 8.78 Å². The standard InChI is InChI=1S/C12H16ClF2NO2S/c1-8(2)12(5-6-13)16-19(17,18)9-3-4-10(14)11(15)7-9/h3-4,7-8,12,16H,5-6H2,1-2H3. The van der Waals surface area contributed by atoms with E-state index in [0.29, 0.717) is 18.4 Å². The second-order valence-electron chi connectivity index (χ2n) is 4.53. The summed E-state index contributed by atoms with van der Waals surface area (Å²) in [6.07, 6.45) is 0.460. The van der Waals surface area contributed by atoms with Gasteiger partial charge < -0.3 is 0 Å². The molecule has 0 amide bonds. The molecular formula is C12H16ClF2NO2S. The molecule has 0 saturated carbocycles. The summed E-state index contributed by atoms with van der Waals surface area (Å²) in [6, 6.07) is 2.13. The number of alkyl halides is 1. The summed E-state index contributed by atoms with van der Waals surface area (Å²) in [5, 5.41) is 0. The normalized spacial score (nSPS) is 13.8. The monoisotopic (exact) mass is 311 g/mol. The predicted octanol–water partition coefficient (Wildman–Crippen LogP) is 2.90. The Balaban J connectivity index is 2.99. The van der Waals surface area contributed by atoms with Crippen molar-refractivity contribution in [3.63, 3.8) is 0 Å². The van der Waals surface area contributed by atoms with E-state index in [4.69, 9.17) is 11.6 Å². The smallest absolute Gasteiger partial charge is 0.208 e. The summed E-state index contributed by atoms with van der Waals surface area (Å²) < 4.78 is 52.4. The van der Waals surface area contributed by atoms with Crippen molar-refractivity contribution in [2.24, 2.45) is 5.92 Å². The molecule has 1 aromatic rings. The lowest BCUT2D eigenvalue weighted by Gasteiger charge is -2.21. The van der Waals surface area contributed by atoms with Crippen LogP contribution in [-0.2, 0) is 10.0 Å². The van der Waals surface area contributed by atoms with E-state index in [-0.39, 0.29) is 16.9 Å². The van der Waals surface area contributed by atoms with Gasteiger partial charge in [0.2, 0.25) is 10.0 Å². The SMILES string of the molecule is CC(C)C(CCCl)NS(=O)(=O)c1ccc(F)c(F)c1. The van der Waals surface area contributed by atoms with Crippen LogP contribution in [0.2, 0.25) is 0 Å². The van der Waals surface area contributed by atoms with E-state index in [1.807, 2.05) is 13.8 Å². The van der Waals surface area contributed by atoms with Gasteiger partial charge >= 0.3 is 0 Å². The van der Waals surface area contributed by atoms with Crippen LogP contribution in [-0.4, -0.2) is 20.3 Å². The zero-order valence-electron chi connectivity index (χ0n) is 10.7. The van der Waals surface area contributed by atoms with Gasteiger partial charge in [-0.3, -0.25) is 0 Å². The van der Waals surface area contributed by atoms with Crippen molar-refractivity contribution in [1.29, 1.82) is 0 Å². The van der Waals surface area contributed by atoms with E-state index < -0.39 is 21.7 Å². The van der Waals surface area contributed by atoms with Gasteiger partial charge in [-0.1, -0.05) is 13.8 Å². The zero-order valence-corrected chi connectivity index (χ0v) is 12.2. The molecule has 1 unspecified atom stereocenters. The van der Waals surface area contributed by atoms with Crippen LogP contribution in [0, 0.1) is 17.6 Å². The van der Waals surface area contributed by atoms with E-state index in [0.717, 1.165) is 12.1 Å².